The number of aliphatic carboxylic acids is 1. The van der Waals surface area contributed by atoms with Gasteiger partial charge in [0.05, 0.1) is 5.41 Å². The normalized spacial score (nSPS) is 15.5. The SMILES string of the molecule is CCC(C)(CNC(=O)C(NC(C)=O)C(C)C)C(=O)O. The largest absolute Gasteiger partial charge is 0.481 e. The van der Waals surface area contributed by atoms with Crippen LogP contribution in [0.25, 0.3) is 0 Å². The Morgan fingerprint density at radius 3 is 2.11 bits per heavy atom. The summed E-state index contributed by atoms with van der Waals surface area (Å²) in [6.45, 7) is 8.36. The zero-order valence-corrected chi connectivity index (χ0v) is 12.2. The van der Waals surface area contributed by atoms with Gasteiger partial charge in [-0.2, -0.15) is 0 Å². The Labute approximate surface area is 113 Å². The molecule has 3 N–H and O–H groups in total. The molecule has 2 atom stereocenters. The number of amides is 2. The Balaban J connectivity index is 4.66. The van der Waals surface area contributed by atoms with E-state index in [0.29, 0.717) is 6.42 Å². The molecule has 0 heterocycles. The standard InChI is InChI=1S/C13H24N2O4/c1-6-13(5,12(18)19)7-14-11(17)10(8(2)3)15-9(4)16/h8,10H,6-7H2,1-5H3,(H,14,17)(H,15,16)(H,18,19). The van der Waals surface area contributed by atoms with Crippen molar-refractivity contribution in [1.29, 1.82) is 0 Å². The van der Waals surface area contributed by atoms with Crippen LogP contribution in [0.4, 0.5) is 0 Å². The van der Waals surface area contributed by atoms with Crippen LogP contribution in [0.15, 0.2) is 0 Å². The van der Waals surface area contributed by atoms with Crippen LogP contribution >= 0.6 is 0 Å². The Hall–Kier alpha value is -1.59. The van der Waals surface area contributed by atoms with E-state index in [1.54, 1.807) is 13.8 Å². The summed E-state index contributed by atoms with van der Waals surface area (Å²) in [4.78, 5) is 34.2. The first-order valence-corrected chi connectivity index (χ1v) is 6.42. The zero-order valence-electron chi connectivity index (χ0n) is 12.2. The molecule has 6 heteroatoms. The summed E-state index contributed by atoms with van der Waals surface area (Å²) in [5.41, 5.74) is -0.993. The summed E-state index contributed by atoms with van der Waals surface area (Å²) >= 11 is 0. The molecule has 0 aromatic carbocycles. The highest BCUT2D eigenvalue weighted by atomic mass is 16.4. The molecule has 0 aliphatic heterocycles. The van der Waals surface area contributed by atoms with Gasteiger partial charge in [0.1, 0.15) is 6.04 Å². The van der Waals surface area contributed by atoms with Gasteiger partial charge in [-0.3, -0.25) is 14.4 Å². The van der Waals surface area contributed by atoms with E-state index in [0.717, 1.165) is 0 Å². The summed E-state index contributed by atoms with van der Waals surface area (Å²) < 4.78 is 0. The minimum atomic E-state index is -0.993. The van der Waals surface area contributed by atoms with Gasteiger partial charge in [0.25, 0.3) is 0 Å². The molecule has 19 heavy (non-hydrogen) atoms. The molecular formula is C13H24N2O4. The topological polar surface area (TPSA) is 95.5 Å². The minimum absolute atomic E-state index is 0.0421. The molecule has 0 aromatic heterocycles. The molecule has 0 fully saturated rings. The molecule has 0 radical (unpaired) electrons. The Bertz CT molecular complexity index is 355. The molecule has 0 saturated carbocycles. The van der Waals surface area contributed by atoms with Crippen molar-refractivity contribution in [2.45, 2.75) is 47.1 Å². The van der Waals surface area contributed by atoms with E-state index in [2.05, 4.69) is 10.6 Å². The molecule has 2 unspecified atom stereocenters. The molecular weight excluding hydrogens is 248 g/mol. The Kier molecular flexibility index (Phi) is 6.52. The van der Waals surface area contributed by atoms with Gasteiger partial charge in [-0.25, -0.2) is 0 Å². The van der Waals surface area contributed by atoms with Gasteiger partial charge < -0.3 is 15.7 Å². The van der Waals surface area contributed by atoms with E-state index < -0.39 is 17.4 Å². The van der Waals surface area contributed by atoms with Crippen LogP contribution < -0.4 is 10.6 Å². The molecule has 6 nitrogen and oxygen atoms in total. The Morgan fingerprint density at radius 2 is 1.79 bits per heavy atom. The minimum Gasteiger partial charge on any atom is -0.481 e. The van der Waals surface area contributed by atoms with Crippen molar-refractivity contribution in [2.75, 3.05) is 6.54 Å². The van der Waals surface area contributed by atoms with Crippen LogP contribution in [0.3, 0.4) is 0 Å². The van der Waals surface area contributed by atoms with E-state index in [1.165, 1.54) is 6.92 Å². The van der Waals surface area contributed by atoms with Gasteiger partial charge in [0, 0.05) is 13.5 Å². The molecule has 0 spiro atoms. The maximum Gasteiger partial charge on any atom is 0.311 e. The van der Waals surface area contributed by atoms with Gasteiger partial charge in [-0.1, -0.05) is 20.8 Å². The first-order valence-electron chi connectivity index (χ1n) is 6.42. The van der Waals surface area contributed by atoms with E-state index in [-0.39, 0.29) is 24.3 Å². The first kappa shape index (κ1) is 17.4. The lowest BCUT2D eigenvalue weighted by Gasteiger charge is -2.26. The number of carbonyl (C=O) groups is 3. The number of hydrogen-bond acceptors (Lipinski definition) is 3. The molecule has 0 aromatic rings. The lowest BCUT2D eigenvalue weighted by molar-refractivity contribution is -0.148. The lowest BCUT2D eigenvalue weighted by Crippen LogP contribution is -2.51. The smallest absolute Gasteiger partial charge is 0.311 e. The molecule has 0 rings (SSSR count). The van der Waals surface area contributed by atoms with Crippen molar-refractivity contribution >= 4 is 17.8 Å². The third-order valence-corrected chi connectivity index (χ3v) is 3.26. The van der Waals surface area contributed by atoms with Gasteiger partial charge in [0.15, 0.2) is 0 Å². The van der Waals surface area contributed by atoms with Crippen molar-refractivity contribution in [2.24, 2.45) is 11.3 Å². The van der Waals surface area contributed by atoms with Crippen molar-refractivity contribution in [1.82, 2.24) is 10.6 Å². The predicted octanol–water partition coefficient (Wildman–Crippen LogP) is 0.764. The summed E-state index contributed by atoms with van der Waals surface area (Å²) in [6, 6.07) is -0.646. The van der Waals surface area contributed by atoms with Crippen LogP contribution in [0.5, 0.6) is 0 Å². The number of carboxylic acid groups (broad SMARTS) is 1. The second kappa shape index (κ2) is 7.11. The molecule has 0 bridgehead atoms. The third kappa shape index (κ3) is 5.28. The van der Waals surface area contributed by atoms with E-state index in [1.807, 2.05) is 13.8 Å². The van der Waals surface area contributed by atoms with E-state index in [9.17, 15) is 14.4 Å². The number of carboxylic acids is 1. The number of rotatable bonds is 7. The fraction of sp³-hybridized carbons (Fsp3) is 0.769. The number of carbonyl (C=O) groups excluding carboxylic acids is 2. The average Bonchev–Trinajstić information content (AvgIpc) is 2.31. The lowest BCUT2D eigenvalue weighted by atomic mass is 9.87. The predicted molar refractivity (Wildman–Crippen MR) is 71.5 cm³/mol. The number of hydrogen-bond donors (Lipinski definition) is 3. The van der Waals surface area contributed by atoms with Crippen LogP contribution in [0.1, 0.15) is 41.0 Å². The fourth-order valence-corrected chi connectivity index (χ4v) is 1.50. The molecule has 0 aliphatic carbocycles. The van der Waals surface area contributed by atoms with Crippen LogP contribution in [-0.2, 0) is 14.4 Å². The first-order chi connectivity index (χ1) is 8.64. The summed E-state index contributed by atoms with van der Waals surface area (Å²) in [5.74, 6) is -1.66. The van der Waals surface area contributed by atoms with Gasteiger partial charge in [-0.15, -0.1) is 0 Å². The third-order valence-electron chi connectivity index (χ3n) is 3.26. The second-order valence-corrected chi connectivity index (χ2v) is 5.36. The average molecular weight is 272 g/mol. The van der Waals surface area contributed by atoms with Gasteiger partial charge >= 0.3 is 5.97 Å². The molecule has 110 valence electrons. The van der Waals surface area contributed by atoms with Gasteiger partial charge in [-0.05, 0) is 19.3 Å². The summed E-state index contributed by atoms with van der Waals surface area (Å²) in [5, 5.41) is 14.3. The van der Waals surface area contributed by atoms with Crippen LogP contribution in [0, 0.1) is 11.3 Å². The summed E-state index contributed by atoms with van der Waals surface area (Å²) in [6.07, 6.45) is 0.412. The van der Waals surface area contributed by atoms with Crippen molar-refractivity contribution in [3.63, 3.8) is 0 Å². The Morgan fingerprint density at radius 1 is 1.26 bits per heavy atom. The molecule has 0 aliphatic rings. The summed E-state index contributed by atoms with van der Waals surface area (Å²) in [7, 11) is 0. The molecule has 0 saturated heterocycles. The van der Waals surface area contributed by atoms with E-state index >= 15 is 0 Å². The van der Waals surface area contributed by atoms with Gasteiger partial charge in [0.2, 0.25) is 11.8 Å². The molecule has 2 amide bonds. The highest BCUT2D eigenvalue weighted by Gasteiger charge is 2.33. The fourth-order valence-electron chi connectivity index (χ4n) is 1.50. The van der Waals surface area contributed by atoms with Crippen LogP contribution in [0.2, 0.25) is 0 Å². The zero-order chi connectivity index (χ0) is 15.2. The second-order valence-electron chi connectivity index (χ2n) is 5.36. The maximum atomic E-state index is 12.0. The van der Waals surface area contributed by atoms with Crippen molar-refractivity contribution < 1.29 is 19.5 Å². The van der Waals surface area contributed by atoms with Crippen molar-refractivity contribution in [3.05, 3.63) is 0 Å². The van der Waals surface area contributed by atoms with Crippen LogP contribution in [-0.4, -0.2) is 35.5 Å². The quantitative estimate of drug-likeness (QED) is 0.637. The number of nitrogens with one attached hydrogen (secondary N) is 2. The van der Waals surface area contributed by atoms with Crippen molar-refractivity contribution in [3.8, 4) is 0 Å². The highest BCUT2D eigenvalue weighted by molar-refractivity contribution is 5.87. The van der Waals surface area contributed by atoms with E-state index in [4.69, 9.17) is 5.11 Å². The monoisotopic (exact) mass is 272 g/mol. The highest BCUT2D eigenvalue weighted by Crippen LogP contribution is 2.20. The maximum absolute atomic E-state index is 12.0.